The number of carbonyl (C=O) groups is 1. The second-order valence-corrected chi connectivity index (χ2v) is 5.94. The lowest BCUT2D eigenvalue weighted by atomic mass is 10.3. The van der Waals surface area contributed by atoms with Crippen LogP contribution in [0.25, 0.3) is 10.7 Å². The third kappa shape index (κ3) is 2.91. The van der Waals surface area contributed by atoms with E-state index in [0.29, 0.717) is 11.5 Å². The van der Waals surface area contributed by atoms with Gasteiger partial charge in [-0.1, -0.05) is 11.3 Å². The number of imidazole rings is 1. The number of H-pyrrole nitrogens is 1. The molecule has 1 aliphatic rings. The van der Waals surface area contributed by atoms with Gasteiger partial charge in [0.2, 0.25) is 0 Å². The molecule has 8 heteroatoms. The number of likely N-dealkylation sites (N-methyl/N-ethyl adjacent to an activating group) is 1. The number of nitrogens with one attached hydrogen (secondary N) is 1. The highest BCUT2D eigenvalue weighted by Crippen LogP contribution is 2.29. The Bertz CT molecular complexity index is 630. The third-order valence-electron chi connectivity index (χ3n) is 3.48. The Hall–Kier alpha value is -1.93. The Morgan fingerprint density at radius 2 is 2.05 bits per heavy atom. The fraction of sp³-hybridized carbons (Fsp3) is 0.462. The molecule has 0 radical (unpaired) electrons. The molecule has 0 saturated carbocycles. The Kier molecular flexibility index (Phi) is 3.89. The van der Waals surface area contributed by atoms with Crippen molar-refractivity contribution in [2.75, 3.05) is 45.2 Å². The van der Waals surface area contributed by atoms with Crippen molar-refractivity contribution in [2.45, 2.75) is 0 Å². The van der Waals surface area contributed by atoms with Crippen LogP contribution in [-0.4, -0.2) is 66.2 Å². The number of ether oxygens (including phenoxy) is 1. The molecule has 1 N–H and O–H groups in total. The second-order valence-electron chi connectivity index (χ2n) is 4.93. The summed E-state index contributed by atoms with van der Waals surface area (Å²) in [6, 6.07) is 0. The topological polar surface area (TPSA) is 74.3 Å². The van der Waals surface area contributed by atoms with Crippen LogP contribution in [0.4, 0.5) is 5.13 Å². The van der Waals surface area contributed by atoms with Gasteiger partial charge in [0, 0.05) is 26.2 Å². The smallest absolute Gasteiger partial charge is 0.356 e. The number of carbonyl (C=O) groups excluding carboxylic acids is 1. The molecule has 0 atom stereocenters. The first-order valence-corrected chi connectivity index (χ1v) is 7.52. The van der Waals surface area contributed by atoms with Crippen molar-refractivity contribution in [3.63, 3.8) is 0 Å². The number of hydrogen-bond acceptors (Lipinski definition) is 7. The van der Waals surface area contributed by atoms with Crippen LogP contribution in [0.15, 0.2) is 12.4 Å². The van der Waals surface area contributed by atoms with Crippen LogP contribution in [0, 0.1) is 0 Å². The van der Waals surface area contributed by atoms with Crippen LogP contribution in [0.3, 0.4) is 0 Å². The van der Waals surface area contributed by atoms with Gasteiger partial charge in [-0.3, -0.25) is 0 Å². The molecule has 7 nitrogen and oxygen atoms in total. The maximum absolute atomic E-state index is 11.4. The van der Waals surface area contributed by atoms with Crippen molar-refractivity contribution in [1.29, 1.82) is 0 Å². The number of piperazine rings is 1. The minimum Gasteiger partial charge on any atom is -0.464 e. The lowest BCUT2D eigenvalue weighted by Gasteiger charge is -2.32. The average Bonchev–Trinajstić information content (AvgIpc) is 3.16. The number of hydrogen-bond donors (Lipinski definition) is 1. The molecule has 0 aliphatic carbocycles. The van der Waals surface area contributed by atoms with E-state index in [4.69, 9.17) is 0 Å². The number of rotatable bonds is 3. The molecule has 3 heterocycles. The van der Waals surface area contributed by atoms with Crippen LogP contribution in [0.1, 0.15) is 10.5 Å². The molecule has 2 aromatic rings. The van der Waals surface area contributed by atoms with E-state index in [0.717, 1.165) is 36.2 Å². The first kappa shape index (κ1) is 14.0. The standard InChI is InChI=1S/C13H17N5O2S/c1-17-3-5-18(6-4-17)13-15-8-10(21-13)11-14-7-9(16-11)12(19)20-2/h7-8H,3-6H2,1-2H3,(H,14,16). The van der Waals surface area contributed by atoms with Crippen LogP contribution in [0.5, 0.6) is 0 Å². The van der Waals surface area contributed by atoms with Gasteiger partial charge in [-0.15, -0.1) is 0 Å². The fourth-order valence-corrected chi connectivity index (χ4v) is 3.10. The summed E-state index contributed by atoms with van der Waals surface area (Å²) in [4.78, 5) is 28.6. The van der Waals surface area contributed by atoms with Crippen molar-refractivity contribution in [3.8, 4) is 10.7 Å². The first-order chi connectivity index (χ1) is 10.2. The predicted molar refractivity (Wildman–Crippen MR) is 80.7 cm³/mol. The Balaban J connectivity index is 1.75. The third-order valence-corrected chi connectivity index (χ3v) is 4.55. The van der Waals surface area contributed by atoms with Crippen LogP contribution < -0.4 is 4.90 Å². The molecule has 0 aromatic carbocycles. The quantitative estimate of drug-likeness (QED) is 0.855. The molecule has 0 bridgehead atoms. The Labute approximate surface area is 126 Å². The lowest BCUT2D eigenvalue weighted by Crippen LogP contribution is -2.44. The van der Waals surface area contributed by atoms with E-state index in [1.165, 1.54) is 13.3 Å². The van der Waals surface area contributed by atoms with E-state index in [1.807, 2.05) is 0 Å². The zero-order chi connectivity index (χ0) is 14.8. The van der Waals surface area contributed by atoms with Gasteiger partial charge in [-0.05, 0) is 7.05 Å². The van der Waals surface area contributed by atoms with Crippen LogP contribution in [0.2, 0.25) is 0 Å². The maximum Gasteiger partial charge on any atom is 0.356 e. The van der Waals surface area contributed by atoms with Gasteiger partial charge < -0.3 is 19.5 Å². The molecule has 3 rings (SSSR count). The maximum atomic E-state index is 11.4. The number of nitrogens with zero attached hydrogens (tertiary/aromatic N) is 4. The van der Waals surface area contributed by atoms with Crippen molar-refractivity contribution >= 4 is 22.4 Å². The van der Waals surface area contributed by atoms with Gasteiger partial charge >= 0.3 is 5.97 Å². The molecule has 1 fully saturated rings. The van der Waals surface area contributed by atoms with E-state index in [2.05, 4.69) is 36.5 Å². The van der Waals surface area contributed by atoms with Crippen LogP contribution in [-0.2, 0) is 4.74 Å². The van der Waals surface area contributed by atoms with Gasteiger partial charge in [-0.25, -0.2) is 14.8 Å². The van der Waals surface area contributed by atoms with Gasteiger partial charge in [0.1, 0.15) is 11.5 Å². The van der Waals surface area contributed by atoms with E-state index in [9.17, 15) is 4.79 Å². The number of methoxy groups -OCH3 is 1. The summed E-state index contributed by atoms with van der Waals surface area (Å²) < 4.78 is 4.66. The molecule has 0 spiro atoms. The van der Waals surface area contributed by atoms with Gasteiger partial charge in [0.05, 0.1) is 24.4 Å². The molecule has 1 saturated heterocycles. The molecular formula is C13H17N5O2S. The highest BCUT2D eigenvalue weighted by molar-refractivity contribution is 7.18. The Morgan fingerprint density at radius 3 is 2.76 bits per heavy atom. The normalized spacial score (nSPS) is 16.2. The minimum atomic E-state index is -0.419. The first-order valence-electron chi connectivity index (χ1n) is 6.70. The van der Waals surface area contributed by atoms with Crippen molar-refractivity contribution in [3.05, 3.63) is 18.1 Å². The largest absolute Gasteiger partial charge is 0.464 e. The monoisotopic (exact) mass is 307 g/mol. The lowest BCUT2D eigenvalue weighted by molar-refractivity contribution is 0.0595. The second kappa shape index (κ2) is 5.82. The number of thiazole rings is 1. The van der Waals surface area contributed by atoms with Crippen molar-refractivity contribution in [2.24, 2.45) is 0 Å². The molecule has 0 unspecified atom stereocenters. The Morgan fingerprint density at radius 1 is 1.29 bits per heavy atom. The highest BCUT2D eigenvalue weighted by atomic mass is 32.1. The summed E-state index contributed by atoms with van der Waals surface area (Å²) in [5, 5.41) is 0.995. The summed E-state index contributed by atoms with van der Waals surface area (Å²) in [6.45, 7) is 4.05. The molecule has 1 aliphatic heterocycles. The summed E-state index contributed by atoms with van der Waals surface area (Å²) >= 11 is 1.58. The molecule has 21 heavy (non-hydrogen) atoms. The minimum absolute atomic E-state index is 0.349. The summed E-state index contributed by atoms with van der Waals surface area (Å²) in [5.74, 6) is 0.228. The molecule has 2 aromatic heterocycles. The summed E-state index contributed by atoms with van der Waals surface area (Å²) in [5.41, 5.74) is 0.349. The van der Waals surface area contributed by atoms with E-state index in [-0.39, 0.29) is 0 Å². The fourth-order valence-electron chi connectivity index (χ4n) is 2.18. The van der Waals surface area contributed by atoms with Crippen molar-refractivity contribution < 1.29 is 9.53 Å². The average molecular weight is 307 g/mol. The van der Waals surface area contributed by atoms with E-state index >= 15 is 0 Å². The number of aromatic nitrogens is 3. The predicted octanol–water partition coefficient (Wildman–Crippen LogP) is 1.07. The number of aromatic amines is 1. The van der Waals surface area contributed by atoms with Gasteiger partial charge in [-0.2, -0.15) is 0 Å². The molecular weight excluding hydrogens is 290 g/mol. The van der Waals surface area contributed by atoms with E-state index < -0.39 is 5.97 Å². The summed E-state index contributed by atoms with van der Waals surface area (Å²) in [7, 11) is 3.48. The summed E-state index contributed by atoms with van der Waals surface area (Å²) in [6.07, 6.45) is 3.27. The van der Waals surface area contributed by atoms with Crippen LogP contribution >= 0.6 is 11.3 Å². The van der Waals surface area contributed by atoms with Crippen molar-refractivity contribution in [1.82, 2.24) is 19.9 Å². The highest BCUT2D eigenvalue weighted by Gasteiger charge is 2.18. The zero-order valence-corrected chi connectivity index (χ0v) is 12.8. The van der Waals surface area contributed by atoms with Gasteiger partial charge in [0.25, 0.3) is 0 Å². The number of esters is 1. The van der Waals surface area contributed by atoms with E-state index in [1.54, 1.807) is 17.5 Å². The zero-order valence-electron chi connectivity index (χ0n) is 12.0. The SMILES string of the molecule is COC(=O)c1cnc(-c2cnc(N3CCN(C)CC3)s2)[nH]1. The molecule has 112 valence electrons. The van der Waals surface area contributed by atoms with Gasteiger partial charge in [0.15, 0.2) is 5.13 Å². The number of anilines is 1. The molecule has 0 amide bonds.